The van der Waals surface area contributed by atoms with E-state index in [4.69, 9.17) is 11.6 Å². The Balaban J connectivity index is 1.84. The highest BCUT2D eigenvalue weighted by Crippen LogP contribution is 2.34. The minimum absolute atomic E-state index is 0.0537. The number of aromatic amines is 1. The van der Waals surface area contributed by atoms with Gasteiger partial charge < -0.3 is 10.3 Å². The molecule has 188 valence electrons. The lowest BCUT2D eigenvalue weighted by Gasteiger charge is -2.33. The van der Waals surface area contributed by atoms with E-state index in [1.165, 1.54) is 4.90 Å². The topological polar surface area (TPSA) is 102 Å². The van der Waals surface area contributed by atoms with Crippen LogP contribution in [-0.2, 0) is 15.0 Å². The van der Waals surface area contributed by atoms with Crippen molar-refractivity contribution in [1.29, 1.82) is 5.26 Å². The number of hydrogen-bond acceptors (Lipinski definition) is 4. The Morgan fingerprint density at radius 2 is 1.89 bits per heavy atom. The van der Waals surface area contributed by atoms with Gasteiger partial charge in [0.15, 0.2) is 0 Å². The molecule has 8 heteroatoms. The van der Waals surface area contributed by atoms with Gasteiger partial charge in [-0.05, 0) is 42.0 Å². The van der Waals surface area contributed by atoms with Gasteiger partial charge in [0.05, 0.1) is 11.7 Å². The maximum atomic E-state index is 13.9. The van der Waals surface area contributed by atoms with Crippen molar-refractivity contribution in [1.82, 2.24) is 15.3 Å². The van der Waals surface area contributed by atoms with Crippen molar-refractivity contribution in [2.24, 2.45) is 0 Å². The van der Waals surface area contributed by atoms with E-state index in [0.29, 0.717) is 27.8 Å². The highest BCUT2D eigenvalue weighted by molar-refractivity contribution is 6.30. The molecule has 0 spiro atoms. The second-order valence-corrected chi connectivity index (χ2v) is 10.7. The summed E-state index contributed by atoms with van der Waals surface area (Å²) < 4.78 is 0. The molecule has 0 saturated heterocycles. The van der Waals surface area contributed by atoms with Gasteiger partial charge in [-0.1, -0.05) is 52.2 Å². The van der Waals surface area contributed by atoms with Crippen LogP contribution in [0.1, 0.15) is 75.7 Å². The monoisotopic (exact) mass is 505 g/mol. The number of carbonyl (C=O) groups is 2. The predicted molar refractivity (Wildman–Crippen MR) is 142 cm³/mol. The summed E-state index contributed by atoms with van der Waals surface area (Å²) in [7, 11) is 0. The van der Waals surface area contributed by atoms with Gasteiger partial charge in [-0.2, -0.15) is 5.26 Å². The molecule has 1 aliphatic carbocycles. The Labute approximate surface area is 216 Å². The fourth-order valence-corrected chi connectivity index (χ4v) is 5.03. The summed E-state index contributed by atoms with van der Waals surface area (Å²) in [5, 5.41) is 13.3. The highest BCUT2D eigenvalue weighted by atomic mass is 35.5. The molecule has 0 aliphatic heterocycles. The first-order valence-electron chi connectivity index (χ1n) is 12.4. The molecule has 2 aromatic heterocycles. The van der Waals surface area contributed by atoms with E-state index in [1.807, 2.05) is 24.3 Å². The molecule has 36 heavy (non-hydrogen) atoms. The van der Waals surface area contributed by atoms with Crippen LogP contribution in [0.5, 0.6) is 0 Å². The second-order valence-electron chi connectivity index (χ2n) is 10.4. The zero-order chi connectivity index (χ0) is 25.9. The second kappa shape index (κ2) is 10.7. The molecule has 1 unspecified atom stereocenters. The first-order chi connectivity index (χ1) is 17.2. The van der Waals surface area contributed by atoms with Crippen LogP contribution in [0.25, 0.3) is 10.9 Å². The maximum Gasteiger partial charge on any atom is 0.248 e. The van der Waals surface area contributed by atoms with Gasteiger partial charge in [-0.15, -0.1) is 11.6 Å². The van der Waals surface area contributed by atoms with Crippen LogP contribution in [0.3, 0.4) is 0 Å². The van der Waals surface area contributed by atoms with E-state index in [9.17, 15) is 14.9 Å². The standard InChI is InChI=1S/C28H32ClN5O2/c1-28(2,3)18-9-11-21(12-10-18)34(25(35)14-29)26(27(36)33-19-7-5-4-6-8-19)23-16-31-17-24-22(23)13-20(15-30)32-24/h9-13,16-17,19,26,32H,4-8,14H2,1-3H3,(H,33,36). The number of halogens is 1. The number of H-pyrrole nitrogens is 1. The van der Waals surface area contributed by atoms with E-state index in [0.717, 1.165) is 37.7 Å². The average Bonchev–Trinajstić information content (AvgIpc) is 3.31. The lowest BCUT2D eigenvalue weighted by Crippen LogP contribution is -2.47. The van der Waals surface area contributed by atoms with Gasteiger partial charge in [-0.3, -0.25) is 19.5 Å². The Hall–Kier alpha value is -3.37. The quantitative estimate of drug-likeness (QED) is 0.432. The number of alkyl halides is 1. The van der Waals surface area contributed by atoms with E-state index in [1.54, 1.807) is 18.5 Å². The molecule has 4 rings (SSSR count). The van der Waals surface area contributed by atoms with Crippen LogP contribution in [0, 0.1) is 11.3 Å². The molecular formula is C28H32ClN5O2. The summed E-state index contributed by atoms with van der Waals surface area (Å²) in [5.41, 5.74) is 3.14. The minimum Gasteiger partial charge on any atom is -0.351 e. The highest BCUT2D eigenvalue weighted by Gasteiger charge is 2.35. The van der Waals surface area contributed by atoms with Gasteiger partial charge in [-0.25, -0.2) is 0 Å². The number of carbonyl (C=O) groups excluding carboxylic acids is 2. The molecule has 2 N–H and O–H groups in total. The number of benzene rings is 1. The van der Waals surface area contributed by atoms with E-state index in [2.05, 4.69) is 42.1 Å². The molecule has 2 amide bonds. The summed E-state index contributed by atoms with van der Waals surface area (Å²) in [6.07, 6.45) is 8.32. The van der Waals surface area contributed by atoms with Crippen LogP contribution < -0.4 is 10.2 Å². The summed E-state index contributed by atoms with van der Waals surface area (Å²) in [4.78, 5) is 36.1. The number of nitriles is 1. The first-order valence-corrected chi connectivity index (χ1v) is 12.9. The fraction of sp³-hybridized carbons (Fsp3) is 0.429. The normalized spacial score (nSPS) is 15.3. The molecular weight excluding hydrogens is 474 g/mol. The van der Waals surface area contributed by atoms with Crippen molar-refractivity contribution in [3.05, 3.63) is 59.5 Å². The Bertz CT molecular complexity index is 1280. The minimum atomic E-state index is -1.00. The average molecular weight is 506 g/mol. The number of pyridine rings is 1. The number of rotatable bonds is 6. The van der Waals surface area contributed by atoms with Crippen LogP contribution in [0.15, 0.2) is 42.7 Å². The number of nitrogens with one attached hydrogen (secondary N) is 2. The number of aromatic nitrogens is 2. The molecule has 1 aliphatic rings. The largest absolute Gasteiger partial charge is 0.351 e. The van der Waals surface area contributed by atoms with Gasteiger partial charge >= 0.3 is 0 Å². The number of hydrogen-bond donors (Lipinski definition) is 2. The first kappa shape index (κ1) is 25.7. The Morgan fingerprint density at radius 3 is 2.50 bits per heavy atom. The molecule has 1 atom stereocenters. The van der Waals surface area contributed by atoms with Crippen molar-refractivity contribution >= 4 is 40.0 Å². The molecule has 1 saturated carbocycles. The third-order valence-corrected chi connectivity index (χ3v) is 7.07. The summed E-state index contributed by atoms with van der Waals surface area (Å²) in [5.74, 6) is -0.958. The molecule has 0 radical (unpaired) electrons. The summed E-state index contributed by atoms with van der Waals surface area (Å²) >= 11 is 6.09. The SMILES string of the molecule is CC(C)(C)c1ccc(N(C(=O)CCl)C(C(=O)NC2CCCCC2)c2cncc3[nH]c(C#N)cc23)cc1. The molecule has 1 fully saturated rings. The zero-order valence-corrected chi connectivity index (χ0v) is 21.7. The number of nitrogens with zero attached hydrogens (tertiary/aromatic N) is 3. The number of anilines is 1. The molecule has 1 aromatic carbocycles. The summed E-state index contributed by atoms with van der Waals surface area (Å²) in [6.45, 7) is 6.36. The molecule has 3 aromatic rings. The summed E-state index contributed by atoms with van der Waals surface area (Å²) in [6, 6.07) is 10.5. The molecule has 2 heterocycles. The fourth-order valence-electron chi connectivity index (χ4n) is 4.90. The third-order valence-electron chi connectivity index (χ3n) is 6.84. The van der Waals surface area contributed by atoms with Gasteiger partial charge in [0.2, 0.25) is 11.8 Å². The van der Waals surface area contributed by atoms with E-state index in [-0.39, 0.29) is 23.2 Å². The van der Waals surface area contributed by atoms with Gasteiger partial charge in [0.25, 0.3) is 0 Å². The van der Waals surface area contributed by atoms with Crippen molar-refractivity contribution in [3.8, 4) is 6.07 Å². The van der Waals surface area contributed by atoms with E-state index >= 15 is 0 Å². The maximum absolute atomic E-state index is 13.9. The zero-order valence-electron chi connectivity index (χ0n) is 21.0. The van der Waals surface area contributed by atoms with E-state index < -0.39 is 11.9 Å². The number of amides is 2. The van der Waals surface area contributed by atoms with Gasteiger partial charge in [0.1, 0.15) is 23.7 Å². The molecule has 0 bridgehead atoms. The van der Waals surface area contributed by atoms with Crippen LogP contribution >= 0.6 is 11.6 Å². The van der Waals surface area contributed by atoms with Crippen molar-refractivity contribution in [2.45, 2.75) is 70.4 Å². The lowest BCUT2D eigenvalue weighted by atomic mass is 9.87. The van der Waals surface area contributed by atoms with Crippen molar-refractivity contribution < 1.29 is 9.59 Å². The number of fused-ring (bicyclic) bond motifs is 1. The van der Waals surface area contributed by atoms with Crippen molar-refractivity contribution in [3.63, 3.8) is 0 Å². The van der Waals surface area contributed by atoms with Gasteiger partial charge in [0, 0.05) is 28.9 Å². The smallest absolute Gasteiger partial charge is 0.248 e. The van der Waals surface area contributed by atoms with Crippen LogP contribution in [0.4, 0.5) is 5.69 Å². The van der Waals surface area contributed by atoms with Crippen LogP contribution in [-0.4, -0.2) is 33.7 Å². The lowest BCUT2D eigenvalue weighted by molar-refractivity contribution is -0.126. The predicted octanol–water partition coefficient (Wildman–Crippen LogP) is 5.49. The van der Waals surface area contributed by atoms with Crippen LogP contribution in [0.2, 0.25) is 0 Å². The Kier molecular flexibility index (Phi) is 7.65. The van der Waals surface area contributed by atoms with Crippen molar-refractivity contribution in [2.75, 3.05) is 10.8 Å². The Morgan fingerprint density at radius 1 is 1.19 bits per heavy atom. The molecule has 7 nitrogen and oxygen atoms in total. The third kappa shape index (κ3) is 5.39.